The summed E-state index contributed by atoms with van der Waals surface area (Å²) in [6, 6.07) is 3.24. The van der Waals surface area contributed by atoms with Crippen LogP contribution in [-0.2, 0) is 4.79 Å². The first-order valence-corrected chi connectivity index (χ1v) is 6.27. The van der Waals surface area contributed by atoms with Crippen LogP contribution in [0, 0.1) is 18.7 Å². The molecule has 0 heterocycles. The normalized spacial score (nSPS) is 15.9. The van der Waals surface area contributed by atoms with E-state index in [1.165, 1.54) is 12.1 Å². The summed E-state index contributed by atoms with van der Waals surface area (Å²) >= 11 is 0. The lowest BCUT2D eigenvalue weighted by Crippen LogP contribution is -2.41. The molecule has 0 aromatic heterocycles. The van der Waals surface area contributed by atoms with Gasteiger partial charge in [0.05, 0.1) is 5.56 Å². The molecule has 1 aromatic carbocycles. The Hall–Kier alpha value is -1.91. The van der Waals surface area contributed by atoms with Gasteiger partial charge in [-0.15, -0.1) is 0 Å². The number of amides is 1. The second-order valence-electron chi connectivity index (χ2n) is 5.03. The average Bonchev–Trinajstić information content (AvgIpc) is 3.15. The highest BCUT2D eigenvalue weighted by Crippen LogP contribution is 2.33. The molecule has 1 saturated carbocycles. The molecular formula is C14H16FNO3. The minimum atomic E-state index is -1.08. The summed E-state index contributed by atoms with van der Waals surface area (Å²) in [5.74, 6) is -2.02. The number of aliphatic carboxylic acids is 1. The van der Waals surface area contributed by atoms with Crippen LogP contribution in [0.15, 0.2) is 18.2 Å². The lowest BCUT2D eigenvalue weighted by atomic mass is 10.1. The zero-order valence-electron chi connectivity index (χ0n) is 10.6. The monoisotopic (exact) mass is 265 g/mol. The lowest BCUT2D eigenvalue weighted by molar-refractivity contribution is -0.139. The van der Waals surface area contributed by atoms with Gasteiger partial charge in [-0.3, -0.25) is 4.79 Å². The van der Waals surface area contributed by atoms with E-state index in [1.807, 2.05) is 0 Å². The van der Waals surface area contributed by atoms with Crippen LogP contribution in [-0.4, -0.2) is 23.0 Å². The molecule has 1 aliphatic rings. The van der Waals surface area contributed by atoms with Gasteiger partial charge in [0.1, 0.15) is 11.9 Å². The Morgan fingerprint density at radius 2 is 2.16 bits per heavy atom. The topological polar surface area (TPSA) is 66.4 Å². The maximum atomic E-state index is 13.5. The van der Waals surface area contributed by atoms with E-state index in [4.69, 9.17) is 5.11 Å². The molecule has 1 aromatic rings. The fraction of sp³-hybridized carbons (Fsp3) is 0.429. The third kappa shape index (κ3) is 3.53. The maximum absolute atomic E-state index is 13.5. The zero-order chi connectivity index (χ0) is 14.0. The van der Waals surface area contributed by atoms with Crippen LogP contribution in [0.2, 0.25) is 0 Å². The number of hydrogen-bond donors (Lipinski definition) is 2. The van der Waals surface area contributed by atoms with Gasteiger partial charge < -0.3 is 10.4 Å². The maximum Gasteiger partial charge on any atom is 0.326 e. The van der Waals surface area contributed by atoms with Crippen LogP contribution < -0.4 is 5.32 Å². The second kappa shape index (κ2) is 5.38. The van der Waals surface area contributed by atoms with Gasteiger partial charge in [0.25, 0.3) is 5.91 Å². The molecule has 0 spiro atoms. The number of nitrogens with one attached hydrogen (secondary N) is 1. The fourth-order valence-corrected chi connectivity index (χ4v) is 1.96. The van der Waals surface area contributed by atoms with E-state index in [0.29, 0.717) is 12.3 Å². The van der Waals surface area contributed by atoms with Crippen LogP contribution >= 0.6 is 0 Å². The summed E-state index contributed by atoms with van der Waals surface area (Å²) in [6.07, 6.45) is 2.41. The van der Waals surface area contributed by atoms with Gasteiger partial charge >= 0.3 is 5.97 Å². The Bertz CT molecular complexity index is 511. The molecule has 0 unspecified atom stereocenters. The van der Waals surface area contributed by atoms with Crippen molar-refractivity contribution in [3.8, 4) is 0 Å². The van der Waals surface area contributed by atoms with E-state index >= 15 is 0 Å². The molecule has 1 amide bonds. The Labute approximate surface area is 110 Å². The molecule has 1 aliphatic carbocycles. The third-order valence-corrected chi connectivity index (χ3v) is 3.24. The van der Waals surface area contributed by atoms with E-state index < -0.39 is 23.7 Å². The smallest absolute Gasteiger partial charge is 0.326 e. The van der Waals surface area contributed by atoms with Crippen molar-refractivity contribution in [1.82, 2.24) is 5.32 Å². The highest BCUT2D eigenvalue weighted by atomic mass is 19.1. The van der Waals surface area contributed by atoms with Crippen molar-refractivity contribution < 1.29 is 19.1 Å². The van der Waals surface area contributed by atoms with Crippen LogP contribution in [0.3, 0.4) is 0 Å². The first-order chi connectivity index (χ1) is 8.97. The molecule has 5 heteroatoms. The summed E-state index contributed by atoms with van der Waals surface area (Å²) in [5, 5.41) is 11.5. The number of carboxylic acid groups (broad SMARTS) is 1. The van der Waals surface area contributed by atoms with E-state index in [-0.39, 0.29) is 5.56 Å². The van der Waals surface area contributed by atoms with Gasteiger partial charge in [-0.05, 0) is 31.4 Å². The fourth-order valence-electron chi connectivity index (χ4n) is 1.96. The zero-order valence-corrected chi connectivity index (χ0v) is 10.6. The Morgan fingerprint density at radius 1 is 1.47 bits per heavy atom. The molecule has 0 radical (unpaired) electrons. The minimum absolute atomic E-state index is 0.109. The minimum Gasteiger partial charge on any atom is -0.480 e. The van der Waals surface area contributed by atoms with E-state index in [0.717, 1.165) is 18.4 Å². The van der Waals surface area contributed by atoms with Crippen LogP contribution in [0.25, 0.3) is 0 Å². The number of aryl methyl sites for hydroxylation is 1. The average molecular weight is 265 g/mol. The summed E-state index contributed by atoms with van der Waals surface area (Å²) in [7, 11) is 0. The number of rotatable bonds is 5. The number of benzene rings is 1. The first kappa shape index (κ1) is 13.5. The molecule has 19 heavy (non-hydrogen) atoms. The molecule has 1 atom stereocenters. The summed E-state index contributed by atoms with van der Waals surface area (Å²) in [5.41, 5.74) is 0.641. The van der Waals surface area contributed by atoms with E-state index in [9.17, 15) is 14.0 Å². The molecule has 1 fully saturated rings. The molecular weight excluding hydrogens is 249 g/mol. The van der Waals surface area contributed by atoms with E-state index in [2.05, 4.69) is 5.32 Å². The van der Waals surface area contributed by atoms with Gasteiger partial charge in [0.15, 0.2) is 0 Å². The highest BCUT2D eigenvalue weighted by Gasteiger charge is 2.30. The molecule has 4 nitrogen and oxygen atoms in total. The second-order valence-corrected chi connectivity index (χ2v) is 5.03. The van der Waals surface area contributed by atoms with Crippen LogP contribution in [0.5, 0.6) is 0 Å². The summed E-state index contributed by atoms with van der Waals surface area (Å²) in [4.78, 5) is 23.0. The molecule has 2 rings (SSSR count). The Balaban J connectivity index is 2.09. The van der Waals surface area contributed by atoms with Crippen molar-refractivity contribution in [2.75, 3.05) is 0 Å². The first-order valence-electron chi connectivity index (χ1n) is 6.27. The molecule has 0 aliphatic heterocycles. The standard InChI is InChI=1S/C14H16FNO3/c1-8-2-5-11(15)10(6-8)13(17)16-12(14(18)19)7-9-3-4-9/h2,5-6,9,12H,3-4,7H2,1H3,(H,16,17)(H,18,19)/t12-/m0/s1. The van der Waals surface area contributed by atoms with Gasteiger partial charge in [0, 0.05) is 0 Å². The molecule has 102 valence electrons. The third-order valence-electron chi connectivity index (χ3n) is 3.24. The van der Waals surface area contributed by atoms with Gasteiger partial charge in [-0.1, -0.05) is 24.5 Å². The SMILES string of the molecule is Cc1ccc(F)c(C(=O)N[C@@H](CC2CC2)C(=O)O)c1. The van der Waals surface area contributed by atoms with Crippen molar-refractivity contribution in [1.29, 1.82) is 0 Å². The predicted molar refractivity (Wildman–Crippen MR) is 67.4 cm³/mol. The largest absolute Gasteiger partial charge is 0.480 e. The summed E-state index contributed by atoms with van der Waals surface area (Å²) in [6.45, 7) is 1.75. The van der Waals surface area contributed by atoms with Crippen molar-refractivity contribution >= 4 is 11.9 Å². The number of halogens is 1. The van der Waals surface area contributed by atoms with Gasteiger partial charge in [-0.25, -0.2) is 9.18 Å². The quantitative estimate of drug-likeness (QED) is 0.857. The Kier molecular flexibility index (Phi) is 3.83. The predicted octanol–water partition coefficient (Wildman–Crippen LogP) is 2.12. The molecule has 0 bridgehead atoms. The number of hydrogen-bond acceptors (Lipinski definition) is 2. The highest BCUT2D eigenvalue weighted by molar-refractivity contribution is 5.97. The molecule has 2 N–H and O–H groups in total. The van der Waals surface area contributed by atoms with Crippen molar-refractivity contribution in [2.45, 2.75) is 32.2 Å². The van der Waals surface area contributed by atoms with Crippen LogP contribution in [0.1, 0.15) is 35.2 Å². The van der Waals surface area contributed by atoms with Crippen molar-refractivity contribution in [3.63, 3.8) is 0 Å². The van der Waals surface area contributed by atoms with Crippen molar-refractivity contribution in [3.05, 3.63) is 35.1 Å². The van der Waals surface area contributed by atoms with Gasteiger partial charge in [-0.2, -0.15) is 0 Å². The lowest BCUT2D eigenvalue weighted by Gasteiger charge is -2.14. The number of carbonyl (C=O) groups is 2. The van der Waals surface area contributed by atoms with Crippen molar-refractivity contribution in [2.24, 2.45) is 5.92 Å². The van der Waals surface area contributed by atoms with Crippen LogP contribution in [0.4, 0.5) is 4.39 Å². The summed E-state index contributed by atoms with van der Waals surface area (Å²) < 4.78 is 13.5. The van der Waals surface area contributed by atoms with Gasteiger partial charge in [0.2, 0.25) is 0 Å². The van der Waals surface area contributed by atoms with E-state index in [1.54, 1.807) is 13.0 Å². The Morgan fingerprint density at radius 3 is 2.74 bits per heavy atom. The number of carboxylic acids is 1. The molecule has 0 saturated heterocycles. The number of carbonyl (C=O) groups excluding carboxylic acids is 1.